The molecule has 1 amide bonds. The van der Waals surface area contributed by atoms with Crippen molar-refractivity contribution in [3.63, 3.8) is 0 Å². The molecule has 2 aromatic rings. The van der Waals surface area contributed by atoms with Gasteiger partial charge in [-0.2, -0.15) is 0 Å². The number of aliphatic imine (C=N–C) groups is 1. The predicted octanol–water partition coefficient (Wildman–Crippen LogP) is 1.63. The third-order valence-electron chi connectivity index (χ3n) is 4.99. The van der Waals surface area contributed by atoms with Crippen LogP contribution in [0.3, 0.4) is 0 Å². The maximum atomic E-state index is 14.0. The Kier molecular flexibility index (Phi) is 7.48. The third kappa shape index (κ3) is 5.85. The summed E-state index contributed by atoms with van der Waals surface area (Å²) in [5.41, 5.74) is 6.88. The fourth-order valence-corrected chi connectivity index (χ4v) is 3.43. The van der Waals surface area contributed by atoms with Crippen molar-refractivity contribution < 1.29 is 13.9 Å². The Labute approximate surface area is 176 Å². The lowest BCUT2D eigenvalue weighted by Crippen LogP contribution is -2.53. The predicted molar refractivity (Wildman–Crippen MR) is 116 cm³/mol. The van der Waals surface area contributed by atoms with Crippen molar-refractivity contribution in [2.75, 3.05) is 51.3 Å². The Bertz CT molecular complexity index is 864. The van der Waals surface area contributed by atoms with Gasteiger partial charge in [-0.3, -0.25) is 9.79 Å². The molecule has 1 fully saturated rings. The first-order valence-corrected chi connectivity index (χ1v) is 10.0. The van der Waals surface area contributed by atoms with Gasteiger partial charge in [0.15, 0.2) is 12.6 Å². The van der Waals surface area contributed by atoms with E-state index in [1.165, 1.54) is 6.07 Å². The summed E-state index contributed by atoms with van der Waals surface area (Å²) >= 11 is 0. The lowest BCUT2D eigenvalue weighted by molar-refractivity contribution is -0.119. The molecule has 0 saturated carbocycles. The van der Waals surface area contributed by atoms with Gasteiger partial charge in [0, 0.05) is 39.8 Å². The van der Waals surface area contributed by atoms with E-state index in [2.05, 4.69) is 20.1 Å². The fraction of sp³-hybridized carbons (Fsp3) is 0.364. The Morgan fingerprint density at radius 1 is 1.13 bits per heavy atom. The van der Waals surface area contributed by atoms with E-state index in [0.29, 0.717) is 11.4 Å². The normalized spacial score (nSPS) is 14.5. The molecule has 1 saturated heterocycles. The van der Waals surface area contributed by atoms with E-state index in [4.69, 9.17) is 10.5 Å². The van der Waals surface area contributed by atoms with E-state index < -0.39 is 5.91 Å². The first-order chi connectivity index (χ1) is 14.6. The number of carbonyl (C=O) groups is 1. The zero-order chi connectivity index (χ0) is 21.3. The first kappa shape index (κ1) is 21.4. The molecule has 1 aliphatic rings. The van der Waals surface area contributed by atoms with Gasteiger partial charge in [0.05, 0.1) is 5.69 Å². The highest BCUT2D eigenvalue weighted by Gasteiger charge is 2.21. The summed E-state index contributed by atoms with van der Waals surface area (Å²) < 4.78 is 19.3. The molecule has 0 unspecified atom stereocenters. The van der Waals surface area contributed by atoms with Gasteiger partial charge in [-0.25, -0.2) is 4.39 Å². The number of nitrogens with one attached hydrogen (secondary N) is 1. The monoisotopic (exact) mass is 413 g/mol. The number of ether oxygens (including phenoxy) is 1. The minimum atomic E-state index is -0.496. The first-order valence-electron chi connectivity index (χ1n) is 10.0. The number of anilines is 1. The number of benzene rings is 2. The van der Waals surface area contributed by atoms with Crippen LogP contribution in [0.2, 0.25) is 0 Å². The van der Waals surface area contributed by atoms with Gasteiger partial charge in [-0.05, 0) is 36.2 Å². The van der Waals surface area contributed by atoms with E-state index >= 15 is 0 Å². The summed E-state index contributed by atoms with van der Waals surface area (Å²) in [6.07, 6.45) is 0.824. The van der Waals surface area contributed by atoms with E-state index in [9.17, 15) is 9.18 Å². The molecule has 0 atom stereocenters. The number of rotatable bonds is 7. The second-order valence-electron chi connectivity index (χ2n) is 7.05. The van der Waals surface area contributed by atoms with E-state index in [1.54, 1.807) is 13.1 Å². The van der Waals surface area contributed by atoms with Gasteiger partial charge >= 0.3 is 0 Å². The van der Waals surface area contributed by atoms with Crippen LogP contribution in [0.5, 0.6) is 5.75 Å². The van der Waals surface area contributed by atoms with Crippen LogP contribution in [0, 0.1) is 5.82 Å². The molecule has 2 aromatic carbocycles. The van der Waals surface area contributed by atoms with E-state index in [-0.39, 0.29) is 12.4 Å². The molecule has 0 spiro atoms. The summed E-state index contributed by atoms with van der Waals surface area (Å²) in [6.45, 7) is 3.66. The van der Waals surface area contributed by atoms with Gasteiger partial charge in [-0.15, -0.1) is 0 Å². The molecule has 1 aliphatic heterocycles. The maximum absolute atomic E-state index is 14.0. The van der Waals surface area contributed by atoms with Crippen molar-refractivity contribution in [3.8, 4) is 5.75 Å². The van der Waals surface area contributed by atoms with Gasteiger partial charge in [-0.1, -0.05) is 24.3 Å². The number of halogens is 1. The number of para-hydroxylation sites is 1. The van der Waals surface area contributed by atoms with Crippen LogP contribution in [-0.4, -0.2) is 63.1 Å². The summed E-state index contributed by atoms with van der Waals surface area (Å²) in [6, 6.07) is 14.5. The number of hydrogen-bond donors (Lipinski definition) is 2. The summed E-state index contributed by atoms with van der Waals surface area (Å²) in [4.78, 5) is 19.4. The molecule has 160 valence electrons. The molecule has 3 N–H and O–H groups in total. The molecule has 0 radical (unpaired) electrons. The average molecular weight is 413 g/mol. The Hall–Kier alpha value is -3.29. The van der Waals surface area contributed by atoms with Crippen molar-refractivity contribution >= 4 is 17.6 Å². The number of nitrogens with two attached hydrogens (primary N) is 1. The van der Waals surface area contributed by atoms with Crippen molar-refractivity contribution in [3.05, 3.63) is 59.9 Å². The molecular weight excluding hydrogens is 385 g/mol. The minimum Gasteiger partial charge on any atom is -0.484 e. The highest BCUT2D eigenvalue weighted by atomic mass is 19.1. The maximum Gasteiger partial charge on any atom is 0.255 e. The van der Waals surface area contributed by atoms with Gasteiger partial charge < -0.3 is 25.6 Å². The van der Waals surface area contributed by atoms with Crippen LogP contribution in [0.15, 0.2) is 53.5 Å². The summed E-state index contributed by atoms with van der Waals surface area (Å²) in [5, 5.41) is 3.40. The number of nitrogens with zero attached hydrogens (tertiary/aromatic N) is 3. The van der Waals surface area contributed by atoms with Crippen LogP contribution in [0.4, 0.5) is 10.1 Å². The number of hydrogen-bond acceptors (Lipinski definition) is 4. The van der Waals surface area contributed by atoms with Crippen LogP contribution < -0.4 is 20.7 Å². The van der Waals surface area contributed by atoms with Gasteiger partial charge in [0.25, 0.3) is 5.91 Å². The number of amides is 1. The zero-order valence-corrected chi connectivity index (χ0v) is 17.2. The fourth-order valence-electron chi connectivity index (χ4n) is 3.43. The second kappa shape index (κ2) is 10.5. The minimum absolute atomic E-state index is 0.124. The number of carbonyl (C=O) groups excluding carboxylic acids is 1. The lowest BCUT2D eigenvalue weighted by atomic mass is 10.1. The van der Waals surface area contributed by atoms with Crippen molar-refractivity contribution in [1.82, 2.24) is 10.2 Å². The molecular formula is C22H28FN5O2. The summed E-state index contributed by atoms with van der Waals surface area (Å²) in [5.74, 6) is 0.794. The van der Waals surface area contributed by atoms with Crippen molar-refractivity contribution in [1.29, 1.82) is 0 Å². The zero-order valence-electron chi connectivity index (χ0n) is 17.2. The Morgan fingerprint density at radius 2 is 1.83 bits per heavy atom. The number of guanidine groups is 1. The molecule has 3 rings (SSSR count). The molecule has 1 heterocycles. The number of piperazine rings is 1. The van der Waals surface area contributed by atoms with Crippen LogP contribution >= 0.6 is 0 Å². The molecule has 0 bridgehead atoms. The van der Waals surface area contributed by atoms with Gasteiger partial charge in [0.1, 0.15) is 11.6 Å². The highest BCUT2D eigenvalue weighted by molar-refractivity contribution is 5.80. The van der Waals surface area contributed by atoms with Gasteiger partial charge in [0.2, 0.25) is 0 Å². The van der Waals surface area contributed by atoms with Crippen LogP contribution in [-0.2, 0) is 11.2 Å². The second-order valence-corrected chi connectivity index (χ2v) is 7.05. The quantitative estimate of drug-likeness (QED) is 0.533. The van der Waals surface area contributed by atoms with Crippen LogP contribution in [0.1, 0.15) is 5.56 Å². The third-order valence-corrected chi connectivity index (χ3v) is 4.99. The average Bonchev–Trinajstić information content (AvgIpc) is 2.77. The standard InChI is InChI=1S/C22H28FN5O2/c1-25-22(26-11-10-17-6-8-18(9-7-17)30-16-21(24)29)28-14-12-27(13-15-28)20-5-3-2-4-19(20)23/h2-9H,10-16H2,1H3,(H2,24,29)(H,25,26). The van der Waals surface area contributed by atoms with E-state index in [0.717, 1.165) is 50.7 Å². The Morgan fingerprint density at radius 3 is 2.47 bits per heavy atom. The number of primary amides is 1. The van der Waals surface area contributed by atoms with Crippen molar-refractivity contribution in [2.24, 2.45) is 10.7 Å². The summed E-state index contributed by atoms with van der Waals surface area (Å²) in [7, 11) is 1.77. The highest BCUT2D eigenvalue weighted by Crippen LogP contribution is 2.20. The molecule has 7 nitrogen and oxygen atoms in total. The molecule has 30 heavy (non-hydrogen) atoms. The molecule has 0 aromatic heterocycles. The lowest BCUT2D eigenvalue weighted by Gasteiger charge is -2.37. The smallest absolute Gasteiger partial charge is 0.255 e. The molecule has 0 aliphatic carbocycles. The van der Waals surface area contributed by atoms with E-state index in [1.807, 2.05) is 36.4 Å². The topological polar surface area (TPSA) is 83.2 Å². The van der Waals surface area contributed by atoms with Crippen LogP contribution in [0.25, 0.3) is 0 Å². The largest absolute Gasteiger partial charge is 0.484 e. The molecule has 8 heteroatoms. The SMILES string of the molecule is CN=C(NCCc1ccc(OCC(N)=O)cc1)N1CCN(c2ccccc2F)CC1. The van der Waals surface area contributed by atoms with Crippen molar-refractivity contribution in [2.45, 2.75) is 6.42 Å². The Balaban J connectivity index is 1.44.